The molecule has 1 saturated heterocycles. The molecule has 0 radical (unpaired) electrons. The Morgan fingerprint density at radius 1 is 1.11 bits per heavy atom. The summed E-state index contributed by atoms with van der Waals surface area (Å²) in [6.07, 6.45) is 7.64. The van der Waals surface area contributed by atoms with Crippen LogP contribution in [0.5, 0.6) is 0 Å². The number of fused-ring (bicyclic) bond motifs is 1. The van der Waals surface area contributed by atoms with Gasteiger partial charge in [-0.3, -0.25) is 4.79 Å². The molecule has 0 unspecified atom stereocenters. The molecule has 2 N–H and O–H groups in total. The van der Waals surface area contributed by atoms with Crippen molar-refractivity contribution < 1.29 is 4.79 Å². The van der Waals surface area contributed by atoms with E-state index >= 15 is 0 Å². The summed E-state index contributed by atoms with van der Waals surface area (Å²) < 4.78 is 0. The number of rotatable bonds is 5. The first kappa shape index (κ1) is 18.7. The van der Waals surface area contributed by atoms with Crippen LogP contribution in [0, 0.1) is 0 Å². The molecule has 2 aliphatic rings. The standard InChI is InChI=1S/C19H23Cl2N5O/c20-15-7-14-17(8-16(15)21)23-11-24-19(14)22-9-18(27)26-6-5-13(10-26)25-12-3-1-2-4-12/h7-8,11-13,25H,1-6,9-10H2,(H,22,23,24)/t13-/m1/s1. The van der Waals surface area contributed by atoms with E-state index in [9.17, 15) is 4.79 Å². The number of hydrogen-bond donors (Lipinski definition) is 2. The quantitative estimate of drug-likeness (QED) is 0.793. The van der Waals surface area contributed by atoms with Gasteiger partial charge in [0.1, 0.15) is 12.1 Å². The molecule has 144 valence electrons. The number of nitrogens with zero attached hydrogens (tertiary/aromatic N) is 3. The summed E-state index contributed by atoms with van der Waals surface area (Å²) in [6, 6.07) is 4.47. The SMILES string of the molecule is O=C(CNc1ncnc2cc(Cl)c(Cl)cc12)N1CC[C@@H](NC2CCCC2)C1. The fourth-order valence-corrected chi connectivity index (χ4v) is 4.33. The van der Waals surface area contributed by atoms with Gasteiger partial charge in [-0.15, -0.1) is 0 Å². The third kappa shape index (κ3) is 4.28. The van der Waals surface area contributed by atoms with Crippen LogP contribution in [0.25, 0.3) is 10.9 Å². The van der Waals surface area contributed by atoms with E-state index in [0.717, 1.165) is 24.9 Å². The Bertz CT molecular complexity index is 840. The van der Waals surface area contributed by atoms with E-state index in [0.29, 0.717) is 33.5 Å². The minimum absolute atomic E-state index is 0.0811. The molecule has 4 rings (SSSR count). The number of hydrogen-bond acceptors (Lipinski definition) is 5. The molecule has 1 aromatic heterocycles. The van der Waals surface area contributed by atoms with E-state index in [2.05, 4.69) is 20.6 Å². The summed E-state index contributed by atoms with van der Waals surface area (Å²) in [4.78, 5) is 23.0. The molecule has 1 atom stereocenters. The summed E-state index contributed by atoms with van der Waals surface area (Å²) in [5.74, 6) is 0.671. The smallest absolute Gasteiger partial charge is 0.241 e. The van der Waals surface area contributed by atoms with Crippen molar-refractivity contribution in [2.75, 3.05) is 25.0 Å². The topological polar surface area (TPSA) is 70.2 Å². The normalized spacial score (nSPS) is 20.5. The zero-order chi connectivity index (χ0) is 18.8. The second-order valence-corrected chi connectivity index (χ2v) is 8.15. The molecule has 1 saturated carbocycles. The minimum atomic E-state index is 0.0811. The largest absolute Gasteiger partial charge is 0.360 e. The lowest BCUT2D eigenvalue weighted by molar-refractivity contribution is -0.128. The summed E-state index contributed by atoms with van der Waals surface area (Å²) >= 11 is 12.2. The van der Waals surface area contributed by atoms with Crippen LogP contribution in [0.15, 0.2) is 18.5 Å². The lowest BCUT2D eigenvalue weighted by Gasteiger charge is -2.20. The van der Waals surface area contributed by atoms with Gasteiger partial charge in [0.2, 0.25) is 5.91 Å². The van der Waals surface area contributed by atoms with Crippen LogP contribution in [0.4, 0.5) is 5.82 Å². The number of benzene rings is 1. The summed E-state index contributed by atoms with van der Waals surface area (Å²) in [5.41, 5.74) is 0.691. The highest BCUT2D eigenvalue weighted by molar-refractivity contribution is 6.42. The third-order valence-corrected chi connectivity index (χ3v) is 6.17. The molecule has 2 fully saturated rings. The lowest BCUT2D eigenvalue weighted by atomic mass is 10.2. The number of amides is 1. The van der Waals surface area contributed by atoms with Crippen LogP contribution in [0.1, 0.15) is 32.1 Å². The number of nitrogens with one attached hydrogen (secondary N) is 2. The van der Waals surface area contributed by atoms with Crippen LogP contribution in [-0.4, -0.2) is 52.5 Å². The molecule has 2 heterocycles. The highest BCUT2D eigenvalue weighted by Gasteiger charge is 2.28. The molecule has 6 nitrogen and oxygen atoms in total. The van der Waals surface area contributed by atoms with Crippen molar-refractivity contribution >= 4 is 45.8 Å². The number of halogens is 2. The Hall–Kier alpha value is -1.63. The number of aromatic nitrogens is 2. The average molecular weight is 408 g/mol. The first-order chi connectivity index (χ1) is 13.1. The predicted molar refractivity (Wildman–Crippen MR) is 108 cm³/mol. The molecule has 27 heavy (non-hydrogen) atoms. The lowest BCUT2D eigenvalue weighted by Crippen LogP contribution is -2.41. The van der Waals surface area contributed by atoms with Gasteiger partial charge >= 0.3 is 0 Å². The molecule has 2 aromatic rings. The zero-order valence-corrected chi connectivity index (χ0v) is 16.6. The number of anilines is 1. The molecule has 0 bridgehead atoms. The average Bonchev–Trinajstić information content (AvgIpc) is 3.33. The molecule has 1 aromatic carbocycles. The molecule has 1 aliphatic carbocycles. The fraction of sp³-hybridized carbons (Fsp3) is 0.526. The van der Waals surface area contributed by atoms with E-state index in [-0.39, 0.29) is 12.5 Å². The highest BCUT2D eigenvalue weighted by atomic mass is 35.5. The first-order valence-corrected chi connectivity index (χ1v) is 10.2. The summed E-state index contributed by atoms with van der Waals surface area (Å²) in [6.45, 7) is 1.78. The molecule has 1 aliphatic heterocycles. The number of carbonyl (C=O) groups is 1. The van der Waals surface area contributed by atoms with Crippen molar-refractivity contribution in [3.8, 4) is 0 Å². The molecule has 1 amide bonds. The maximum Gasteiger partial charge on any atom is 0.241 e. The molecular weight excluding hydrogens is 385 g/mol. The summed E-state index contributed by atoms with van der Waals surface area (Å²) in [5, 5.41) is 8.48. The molecule has 0 spiro atoms. The predicted octanol–water partition coefficient (Wildman–Crippen LogP) is 3.48. The second-order valence-electron chi connectivity index (χ2n) is 7.33. The van der Waals surface area contributed by atoms with Crippen LogP contribution in [-0.2, 0) is 4.79 Å². The van der Waals surface area contributed by atoms with Crippen LogP contribution in [0.3, 0.4) is 0 Å². The van der Waals surface area contributed by atoms with E-state index in [1.54, 1.807) is 12.1 Å². The van der Waals surface area contributed by atoms with Crippen molar-refractivity contribution in [1.82, 2.24) is 20.2 Å². The highest BCUT2D eigenvalue weighted by Crippen LogP contribution is 2.29. The second kappa shape index (κ2) is 8.17. The fourth-order valence-electron chi connectivity index (χ4n) is 4.01. The van der Waals surface area contributed by atoms with Gasteiger partial charge in [-0.2, -0.15) is 0 Å². The Labute approximate surface area is 168 Å². The van der Waals surface area contributed by atoms with Gasteiger partial charge in [-0.25, -0.2) is 9.97 Å². The number of carbonyl (C=O) groups excluding carboxylic acids is 1. The van der Waals surface area contributed by atoms with Gasteiger partial charge in [-0.05, 0) is 31.4 Å². The molecule has 8 heteroatoms. The van der Waals surface area contributed by atoms with E-state index in [1.807, 2.05) is 4.90 Å². The Balaban J connectivity index is 1.35. The van der Waals surface area contributed by atoms with Crippen molar-refractivity contribution in [1.29, 1.82) is 0 Å². The maximum atomic E-state index is 12.6. The zero-order valence-electron chi connectivity index (χ0n) is 15.0. The van der Waals surface area contributed by atoms with Crippen LogP contribution in [0.2, 0.25) is 10.0 Å². The maximum absolute atomic E-state index is 12.6. The molecular formula is C19H23Cl2N5O. The van der Waals surface area contributed by atoms with Crippen molar-refractivity contribution in [3.05, 3.63) is 28.5 Å². The minimum Gasteiger partial charge on any atom is -0.360 e. The van der Waals surface area contributed by atoms with Gasteiger partial charge in [0.15, 0.2) is 0 Å². The first-order valence-electron chi connectivity index (χ1n) is 9.47. The third-order valence-electron chi connectivity index (χ3n) is 5.45. The van der Waals surface area contributed by atoms with E-state index in [1.165, 1.54) is 32.0 Å². The Morgan fingerprint density at radius 3 is 2.70 bits per heavy atom. The van der Waals surface area contributed by atoms with Gasteiger partial charge in [0.25, 0.3) is 0 Å². The van der Waals surface area contributed by atoms with Crippen molar-refractivity contribution in [2.45, 2.75) is 44.2 Å². The van der Waals surface area contributed by atoms with E-state index < -0.39 is 0 Å². The summed E-state index contributed by atoms with van der Waals surface area (Å²) in [7, 11) is 0. The van der Waals surface area contributed by atoms with Gasteiger partial charge < -0.3 is 15.5 Å². The Morgan fingerprint density at radius 2 is 1.89 bits per heavy atom. The van der Waals surface area contributed by atoms with E-state index in [4.69, 9.17) is 23.2 Å². The van der Waals surface area contributed by atoms with Crippen LogP contribution >= 0.6 is 23.2 Å². The van der Waals surface area contributed by atoms with Gasteiger partial charge in [-0.1, -0.05) is 36.0 Å². The van der Waals surface area contributed by atoms with Gasteiger partial charge in [0, 0.05) is 30.6 Å². The number of likely N-dealkylation sites (tertiary alicyclic amines) is 1. The Kier molecular flexibility index (Phi) is 5.66. The van der Waals surface area contributed by atoms with Gasteiger partial charge in [0.05, 0.1) is 22.1 Å². The van der Waals surface area contributed by atoms with Crippen molar-refractivity contribution in [3.63, 3.8) is 0 Å². The van der Waals surface area contributed by atoms with Crippen molar-refractivity contribution in [2.24, 2.45) is 0 Å². The monoisotopic (exact) mass is 407 g/mol. The van der Waals surface area contributed by atoms with Crippen LogP contribution < -0.4 is 10.6 Å².